The Morgan fingerprint density at radius 2 is 1.68 bits per heavy atom. The highest BCUT2D eigenvalue weighted by molar-refractivity contribution is 7.89. The zero-order valence-corrected chi connectivity index (χ0v) is 17.0. The van der Waals surface area contributed by atoms with Crippen LogP contribution in [-0.2, 0) is 16.6 Å². The lowest BCUT2D eigenvalue weighted by Gasteiger charge is -2.34. The second-order valence-electron chi connectivity index (χ2n) is 7.13. The Morgan fingerprint density at radius 3 is 2.36 bits per heavy atom. The summed E-state index contributed by atoms with van der Waals surface area (Å²) in [4.78, 5) is 6.07. The number of aromatic nitrogens is 1. The maximum atomic E-state index is 12.9. The Kier molecular flexibility index (Phi) is 5.14. The van der Waals surface area contributed by atoms with Crippen molar-refractivity contribution in [2.75, 3.05) is 33.3 Å². The Bertz CT molecular complexity index is 1070. The average Bonchev–Trinajstić information content (AvgIpc) is 3.04. The number of methoxy groups -OCH3 is 1. The lowest BCUT2D eigenvalue weighted by atomic mass is 10.1. The number of hydrogen-bond acceptors (Lipinski definition) is 4. The third-order valence-corrected chi connectivity index (χ3v) is 7.35. The van der Waals surface area contributed by atoms with E-state index in [2.05, 4.69) is 35.0 Å². The molecule has 2 aromatic carbocycles. The number of aromatic amines is 1. The summed E-state index contributed by atoms with van der Waals surface area (Å²) in [5, 5.41) is 1.24. The number of fused-ring (bicyclic) bond motifs is 1. The van der Waals surface area contributed by atoms with Gasteiger partial charge in [0, 0.05) is 49.3 Å². The first-order valence-electron chi connectivity index (χ1n) is 9.42. The fourth-order valence-electron chi connectivity index (χ4n) is 3.79. The Labute approximate surface area is 165 Å². The smallest absolute Gasteiger partial charge is 0.243 e. The second kappa shape index (κ2) is 7.58. The van der Waals surface area contributed by atoms with Crippen LogP contribution in [0, 0.1) is 6.92 Å². The van der Waals surface area contributed by atoms with Crippen LogP contribution in [0.3, 0.4) is 0 Å². The molecule has 3 aromatic rings. The number of nitrogens with zero attached hydrogens (tertiary/aromatic N) is 2. The van der Waals surface area contributed by atoms with Gasteiger partial charge in [-0.05, 0) is 42.8 Å². The van der Waals surface area contributed by atoms with Crippen LogP contribution < -0.4 is 4.74 Å². The van der Waals surface area contributed by atoms with Gasteiger partial charge in [0.05, 0.1) is 12.0 Å². The molecule has 4 rings (SSSR count). The summed E-state index contributed by atoms with van der Waals surface area (Å²) in [5.74, 6) is 0.651. The highest BCUT2D eigenvalue weighted by Crippen LogP contribution is 2.25. The largest absolute Gasteiger partial charge is 0.497 e. The van der Waals surface area contributed by atoms with Crippen LogP contribution in [0.4, 0.5) is 0 Å². The van der Waals surface area contributed by atoms with Gasteiger partial charge < -0.3 is 9.72 Å². The second-order valence-corrected chi connectivity index (χ2v) is 9.07. The van der Waals surface area contributed by atoms with E-state index in [4.69, 9.17) is 4.74 Å². The lowest BCUT2D eigenvalue weighted by Crippen LogP contribution is -2.48. The first-order chi connectivity index (χ1) is 13.5. The predicted molar refractivity (Wildman–Crippen MR) is 110 cm³/mol. The molecule has 148 valence electrons. The van der Waals surface area contributed by atoms with E-state index in [9.17, 15) is 8.42 Å². The van der Waals surface area contributed by atoms with Crippen molar-refractivity contribution in [3.63, 3.8) is 0 Å². The van der Waals surface area contributed by atoms with Gasteiger partial charge in [-0.2, -0.15) is 4.31 Å². The fraction of sp³-hybridized carbons (Fsp3) is 0.333. The summed E-state index contributed by atoms with van der Waals surface area (Å²) in [6, 6.07) is 14.9. The maximum absolute atomic E-state index is 12.9. The molecule has 0 radical (unpaired) electrons. The molecular weight excluding hydrogens is 374 g/mol. The van der Waals surface area contributed by atoms with Crippen LogP contribution in [0.1, 0.15) is 11.3 Å². The topological polar surface area (TPSA) is 65.6 Å². The third kappa shape index (κ3) is 3.53. The molecule has 0 spiro atoms. The number of sulfonamides is 1. The fourth-order valence-corrected chi connectivity index (χ4v) is 5.21. The van der Waals surface area contributed by atoms with Crippen LogP contribution in [0.25, 0.3) is 10.9 Å². The van der Waals surface area contributed by atoms with Crippen molar-refractivity contribution in [3.8, 4) is 5.75 Å². The molecule has 0 atom stereocenters. The van der Waals surface area contributed by atoms with Crippen LogP contribution in [0.15, 0.2) is 53.4 Å². The molecule has 1 aliphatic heterocycles. The van der Waals surface area contributed by atoms with Gasteiger partial charge in [0.15, 0.2) is 0 Å². The summed E-state index contributed by atoms with van der Waals surface area (Å²) in [5.41, 5.74) is 3.62. The highest BCUT2D eigenvalue weighted by Gasteiger charge is 2.29. The van der Waals surface area contributed by atoms with Crippen LogP contribution in [-0.4, -0.2) is 55.9 Å². The molecule has 1 saturated heterocycles. The van der Waals surface area contributed by atoms with Gasteiger partial charge >= 0.3 is 0 Å². The summed E-state index contributed by atoms with van der Waals surface area (Å²) < 4.78 is 32.5. The van der Waals surface area contributed by atoms with Gasteiger partial charge in [0.2, 0.25) is 10.0 Å². The van der Waals surface area contributed by atoms with Gasteiger partial charge in [-0.3, -0.25) is 4.90 Å². The maximum Gasteiger partial charge on any atom is 0.243 e. The van der Waals surface area contributed by atoms with Crippen molar-refractivity contribution in [1.29, 1.82) is 0 Å². The summed E-state index contributed by atoms with van der Waals surface area (Å²) in [6.07, 6.45) is 0. The summed E-state index contributed by atoms with van der Waals surface area (Å²) in [7, 11) is -1.90. The minimum Gasteiger partial charge on any atom is -0.497 e. The van der Waals surface area contributed by atoms with E-state index >= 15 is 0 Å². The number of aryl methyl sites for hydroxylation is 1. The first-order valence-corrected chi connectivity index (χ1v) is 10.9. The molecule has 2 heterocycles. The van der Waals surface area contributed by atoms with Gasteiger partial charge in [-0.1, -0.05) is 18.2 Å². The zero-order valence-electron chi connectivity index (χ0n) is 16.2. The van der Waals surface area contributed by atoms with Gasteiger partial charge in [0.1, 0.15) is 5.75 Å². The Hall–Kier alpha value is -2.35. The monoisotopic (exact) mass is 399 g/mol. The number of rotatable bonds is 5. The number of piperazine rings is 1. The molecular formula is C21H25N3O3S. The van der Waals surface area contributed by atoms with Gasteiger partial charge in [0.25, 0.3) is 0 Å². The molecule has 1 aromatic heterocycles. The molecule has 0 amide bonds. The third-order valence-electron chi connectivity index (χ3n) is 5.44. The number of benzene rings is 2. The van der Waals surface area contributed by atoms with E-state index in [1.165, 1.54) is 16.6 Å². The normalized spacial score (nSPS) is 16.5. The molecule has 1 aliphatic rings. The molecule has 0 aliphatic carbocycles. The average molecular weight is 400 g/mol. The van der Waals surface area contributed by atoms with E-state index in [0.29, 0.717) is 36.8 Å². The number of para-hydroxylation sites is 1. The molecule has 1 fully saturated rings. The summed E-state index contributed by atoms with van der Waals surface area (Å²) >= 11 is 0. The van der Waals surface area contributed by atoms with E-state index in [-0.39, 0.29) is 0 Å². The van der Waals surface area contributed by atoms with Crippen LogP contribution in [0.2, 0.25) is 0 Å². The quantitative estimate of drug-likeness (QED) is 0.716. The Morgan fingerprint density at radius 1 is 1.00 bits per heavy atom. The van der Waals surface area contributed by atoms with Crippen LogP contribution in [0.5, 0.6) is 5.75 Å². The van der Waals surface area contributed by atoms with Gasteiger partial charge in [-0.15, -0.1) is 0 Å². The number of H-pyrrole nitrogens is 1. The van der Waals surface area contributed by atoms with Crippen LogP contribution >= 0.6 is 0 Å². The molecule has 1 N–H and O–H groups in total. The molecule has 0 unspecified atom stereocenters. The highest BCUT2D eigenvalue weighted by atomic mass is 32.2. The lowest BCUT2D eigenvalue weighted by molar-refractivity contribution is 0.182. The van der Waals surface area contributed by atoms with E-state index in [0.717, 1.165) is 12.1 Å². The van der Waals surface area contributed by atoms with E-state index in [1.54, 1.807) is 35.7 Å². The molecule has 0 bridgehead atoms. The van der Waals surface area contributed by atoms with Crippen molar-refractivity contribution in [3.05, 3.63) is 59.8 Å². The zero-order chi connectivity index (χ0) is 19.7. The molecule has 6 nitrogen and oxygen atoms in total. The van der Waals surface area contributed by atoms with Crippen molar-refractivity contribution < 1.29 is 13.2 Å². The van der Waals surface area contributed by atoms with Crippen molar-refractivity contribution in [1.82, 2.24) is 14.2 Å². The predicted octanol–water partition coefficient (Wildman–Crippen LogP) is 2.99. The van der Waals surface area contributed by atoms with Crippen molar-refractivity contribution >= 4 is 20.9 Å². The van der Waals surface area contributed by atoms with Gasteiger partial charge in [-0.25, -0.2) is 8.42 Å². The van der Waals surface area contributed by atoms with E-state index in [1.807, 2.05) is 6.07 Å². The van der Waals surface area contributed by atoms with Crippen molar-refractivity contribution in [2.24, 2.45) is 0 Å². The number of nitrogens with one attached hydrogen (secondary N) is 1. The number of hydrogen-bond donors (Lipinski definition) is 1. The molecule has 0 saturated carbocycles. The molecule has 7 heteroatoms. The minimum absolute atomic E-state index is 0.314. The summed E-state index contributed by atoms with van der Waals surface area (Å²) in [6.45, 7) is 5.35. The SMILES string of the molecule is COc1ccc(S(=O)(=O)N2CCN(Cc3c(C)[nH]c4ccccc34)CC2)cc1. The number of ether oxygens (including phenoxy) is 1. The van der Waals surface area contributed by atoms with E-state index < -0.39 is 10.0 Å². The standard InChI is InChI=1S/C21H25N3O3S/c1-16-20(19-5-3-4-6-21(19)22-16)15-23-11-13-24(14-12-23)28(25,26)18-9-7-17(27-2)8-10-18/h3-10,22H,11-15H2,1-2H3. The minimum atomic E-state index is -3.47. The first kappa shape index (κ1) is 19.0. The molecule has 28 heavy (non-hydrogen) atoms. The van der Waals surface area contributed by atoms with Crippen molar-refractivity contribution in [2.45, 2.75) is 18.4 Å². The Balaban J connectivity index is 1.44.